The fourth-order valence-electron chi connectivity index (χ4n) is 2.35. The number of benzene rings is 2. The third kappa shape index (κ3) is 5.25. The van der Waals surface area contributed by atoms with Crippen molar-refractivity contribution in [3.8, 4) is 0 Å². The number of carbonyl (C=O) groups excluding carboxylic acids is 1. The Morgan fingerprint density at radius 3 is 2.35 bits per heavy atom. The summed E-state index contributed by atoms with van der Waals surface area (Å²) in [5.74, 6) is -1.08. The van der Waals surface area contributed by atoms with Gasteiger partial charge in [-0.25, -0.2) is 4.79 Å². The first-order valence-corrected chi connectivity index (χ1v) is 7.75. The maximum absolute atomic E-state index is 11.9. The molecular weight excluding hydrogens is 290 g/mol. The summed E-state index contributed by atoms with van der Waals surface area (Å²) in [7, 11) is 0. The number of aryl methyl sites for hydroxylation is 1. The average Bonchev–Trinajstić information content (AvgIpc) is 2.55. The van der Waals surface area contributed by atoms with Crippen LogP contribution in [0.2, 0.25) is 0 Å². The van der Waals surface area contributed by atoms with Gasteiger partial charge in [0.25, 0.3) is 0 Å². The Morgan fingerprint density at radius 1 is 1.00 bits per heavy atom. The second-order valence-corrected chi connectivity index (χ2v) is 5.45. The zero-order valence-electron chi connectivity index (χ0n) is 13.2. The molecule has 2 aromatic rings. The number of rotatable bonds is 7. The molecule has 0 saturated heterocycles. The van der Waals surface area contributed by atoms with Crippen molar-refractivity contribution in [2.75, 3.05) is 6.54 Å². The number of nitrogens with one attached hydrogen (secondary N) is 1. The van der Waals surface area contributed by atoms with E-state index in [0.29, 0.717) is 12.1 Å². The molecule has 0 spiro atoms. The van der Waals surface area contributed by atoms with Gasteiger partial charge < -0.3 is 10.4 Å². The molecule has 0 bridgehead atoms. The summed E-state index contributed by atoms with van der Waals surface area (Å²) in [5, 5.41) is 11.8. The number of carboxylic acids is 1. The summed E-state index contributed by atoms with van der Waals surface area (Å²) in [6.07, 6.45) is 1.99. The second kappa shape index (κ2) is 8.13. The number of carboxylic acid groups (broad SMARTS) is 1. The molecule has 2 N–H and O–H groups in total. The van der Waals surface area contributed by atoms with Crippen LogP contribution in [-0.2, 0) is 24.1 Å². The average molecular weight is 311 g/mol. The van der Waals surface area contributed by atoms with Gasteiger partial charge in [0.2, 0.25) is 5.91 Å². The first-order valence-electron chi connectivity index (χ1n) is 7.75. The Balaban J connectivity index is 1.80. The van der Waals surface area contributed by atoms with Gasteiger partial charge in [-0.15, -0.1) is 0 Å². The molecule has 0 aliphatic rings. The molecule has 0 aromatic heterocycles. The molecule has 23 heavy (non-hydrogen) atoms. The fraction of sp³-hybridized carbons (Fsp3) is 0.263. The normalized spacial score (nSPS) is 10.3. The molecule has 0 aliphatic carbocycles. The van der Waals surface area contributed by atoms with Crippen LogP contribution in [0.1, 0.15) is 34.0 Å². The lowest BCUT2D eigenvalue weighted by Gasteiger charge is -2.07. The van der Waals surface area contributed by atoms with Gasteiger partial charge in [0.15, 0.2) is 0 Å². The third-order valence-electron chi connectivity index (χ3n) is 3.71. The summed E-state index contributed by atoms with van der Waals surface area (Å²) in [6.45, 7) is 2.69. The molecule has 0 unspecified atom stereocenters. The Bertz CT molecular complexity index is 677. The van der Waals surface area contributed by atoms with Gasteiger partial charge in [0.1, 0.15) is 0 Å². The SMILES string of the molecule is CCc1ccc(CCNC(=O)Cc2cccc(C(=O)O)c2)cc1. The van der Waals surface area contributed by atoms with Crippen molar-refractivity contribution in [3.63, 3.8) is 0 Å². The van der Waals surface area contributed by atoms with E-state index in [1.165, 1.54) is 23.3 Å². The molecule has 4 nitrogen and oxygen atoms in total. The lowest BCUT2D eigenvalue weighted by Crippen LogP contribution is -2.27. The predicted octanol–water partition coefficient (Wildman–Crippen LogP) is 2.85. The van der Waals surface area contributed by atoms with Gasteiger partial charge in [-0.05, 0) is 41.7 Å². The summed E-state index contributed by atoms with van der Waals surface area (Å²) >= 11 is 0. The van der Waals surface area contributed by atoms with E-state index in [9.17, 15) is 9.59 Å². The first-order chi connectivity index (χ1) is 11.1. The minimum Gasteiger partial charge on any atom is -0.478 e. The zero-order valence-corrected chi connectivity index (χ0v) is 13.2. The maximum Gasteiger partial charge on any atom is 0.335 e. The highest BCUT2D eigenvalue weighted by Gasteiger charge is 2.07. The van der Waals surface area contributed by atoms with E-state index in [1.807, 2.05) is 0 Å². The quantitative estimate of drug-likeness (QED) is 0.826. The van der Waals surface area contributed by atoms with Gasteiger partial charge in [0, 0.05) is 6.54 Å². The molecule has 0 heterocycles. The lowest BCUT2D eigenvalue weighted by atomic mass is 10.1. The van der Waals surface area contributed by atoms with Gasteiger partial charge in [-0.1, -0.05) is 43.3 Å². The van der Waals surface area contributed by atoms with Crippen LogP contribution in [0.4, 0.5) is 0 Å². The summed E-state index contributed by atoms with van der Waals surface area (Å²) in [6, 6.07) is 14.8. The van der Waals surface area contributed by atoms with Crippen molar-refractivity contribution in [1.82, 2.24) is 5.32 Å². The number of hydrogen-bond acceptors (Lipinski definition) is 2. The minimum absolute atomic E-state index is 0.0993. The van der Waals surface area contributed by atoms with Crippen LogP contribution in [-0.4, -0.2) is 23.5 Å². The molecule has 0 fully saturated rings. The van der Waals surface area contributed by atoms with Crippen LogP contribution in [0.5, 0.6) is 0 Å². The van der Waals surface area contributed by atoms with E-state index >= 15 is 0 Å². The van der Waals surface area contributed by atoms with Crippen molar-refractivity contribution < 1.29 is 14.7 Å². The smallest absolute Gasteiger partial charge is 0.335 e. The Labute approximate surface area is 136 Å². The Hall–Kier alpha value is -2.62. The molecule has 120 valence electrons. The highest BCUT2D eigenvalue weighted by atomic mass is 16.4. The third-order valence-corrected chi connectivity index (χ3v) is 3.71. The van der Waals surface area contributed by atoms with Crippen LogP contribution in [0.3, 0.4) is 0 Å². The van der Waals surface area contributed by atoms with Gasteiger partial charge >= 0.3 is 5.97 Å². The molecule has 0 saturated carbocycles. The van der Waals surface area contributed by atoms with Crippen molar-refractivity contribution in [2.45, 2.75) is 26.2 Å². The molecular formula is C19H21NO3. The molecule has 1 amide bonds. The van der Waals surface area contributed by atoms with Gasteiger partial charge in [-0.2, -0.15) is 0 Å². The van der Waals surface area contributed by atoms with Crippen molar-refractivity contribution in [1.29, 1.82) is 0 Å². The number of amides is 1. The molecule has 2 aromatic carbocycles. The molecule has 0 aliphatic heterocycles. The fourth-order valence-corrected chi connectivity index (χ4v) is 2.35. The van der Waals surface area contributed by atoms with Crippen LogP contribution >= 0.6 is 0 Å². The summed E-state index contributed by atoms with van der Waals surface area (Å²) in [5.41, 5.74) is 3.40. The summed E-state index contributed by atoms with van der Waals surface area (Å²) in [4.78, 5) is 22.8. The monoisotopic (exact) mass is 311 g/mol. The maximum atomic E-state index is 11.9. The zero-order chi connectivity index (χ0) is 16.7. The van der Waals surface area contributed by atoms with Crippen LogP contribution in [0.15, 0.2) is 48.5 Å². The first kappa shape index (κ1) is 16.7. The Morgan fingerprint density at radius 2 is 1.70 bits per heavy atom. The van der Waals surface area contributed by atoms with E-state index in [-0.39, 0.29) is 17.9 Å². The van der Waals surface area contributed by atoms with Crippen LogP contribution < -0.4 is 5.32 Å². The van der Waals surface area contributed by atoms with E-state index in [0.717, 1.165) is 12.8 Å². The van der Waals surface area contributed by atoms with E-state index in [4.69, 9.17) is 5.11 Å². The number of carbonyl (C=O) groups is 2. The highest BCUT2D eigenvalue weighted by Crippen LogP contribution is 2.07. The number of aromatic carboxylic acids is 1. The van der Waals surface area contributed by atoms with Crippen molar-refractivity contribution in [3.05, 3.63) is 70.8 Å². The lowest BCUT2D eigenvalue weighted by molar-refractivity contribution is -0.120. The van der Waals surface area contributed by atoms with E-state index in [2.05, 4.69) is 36.5 Å². The number of hydrogen-bond donors (Lipinski definition) is 2. The second-order valence-electron chi connectivity index (χ2n) is 5.45. The molecule has 4 heteroatoms. The van der Waals surface area contributed by atoms with Crippen LogP contribution in [0, 0.1) is 0 Å². The largest absolute Gasteiger partial charge is 0.478 e. The van der Waals surface area contributed by atoms with Crippen molar-refractivity contribution >= 4 is 11.9 Å². The van der Waals surface area contributed by atoms with E-state index in [1.54, 1.807) is 12.1 Å². The Kier molecular flexibility index (Phi) is 5.92. The molecule has 0 radical (unpaired) electrons. The predicted molar refractivity (Wildman–Crippen MR) is 89.6 cm³/mol. The van der Waals surface area contributed by atoms with Crippen LogP contribution in [0.25, 0.3) is 0 Å². The summed E-state index contributed by atoms with van der Waals surface area (Å²) < 4.78 is 0. The highest BCUT2D eigenvalue weighted by molar-refractivity contribution is 5.88. The van der Waals surface area contributed by atoms with E-state index < -0.39 is 5.97 Å². The molecule has 0 atom stereocenters. The van der Waals surface area contributed by atoms with Gasteiger partial charge in [-0.3, -0.25) is 4.79 Å². The van der Waals surface area contributed by atoms with Crippen molar-refractivity contribution in [2.24, 2.45) is 0 Å². The van der Waals surface area contributed by atoms with Gasteiger partial charge in [0.05, 0.1) is 12.0 Å². The minimum atomic E-state index is -0.984. The topological polar surface area (TPSA) is 66.4 Å². The molecule has 2 rings (SSSR count). The standard InChI is InChI=1S/C19H21NO3/c1-2-14-6-8-15(9-7-14)10-11-20-18(21)13-16-4-3-5-17(12-16)19(22)23/h3-9,12H,2,10-11,13H2,1H3,(H,20,21)(H,22,23).